The van der Waals surface area contributed by atoms with Crippen LogP contribution in [0.1, 0.15) is 30.3 Å². The number of hydrogen-bond acceptors (Lipinski definition) is 2. The Labute approximate surface area is 111 Å². The Kier molecular flexibility index (Phi) is 3.83. The Balaban J connectivity index is 2.41. The third-order valence-electron chi connectivity index (χ3n) is 3.14. The van der Waals surface area contributed by atoms with Gasteiger partial charge in [0.15, 0.2) is 0 Å². The molecule has 0 saturated carbocycles. The molecular formula is C15H18FNS. The quantitative estimate of drug-likeness (QED) is 0.865. The largest absolute Gasteiger partial charge is 0.323 e. The van der Waals surface area contributed by atoms with Gasteiger partial charge in [-0.25, -0.2) is 4.39 Å². The summed E-state index contributed by atoms with van der Waals surface area (Å²) in [5.74, 6) is 0.222. The maximum atomic E-state index is 13.9. The molecule has 3 heteroatoms. The number of aryl methyl sites for hydroxylation is 1. The van der Waals surface area contributed by atoms with Gasteiger partial charge in [0.05, 0.1) is 0 Å². The summed E-state index contributed by atoms with van der Waals surface area (Å²) >= 11 is 1.59. The molecule has 0 radical (unpaired) electrons. The number of hydrogen-bond donors (Lipinski definition) is 1. The minimum absolute atomic E-state index is 0.0239. The van der Waals surface area contributed by atoms with Crippen LogP contribution < -0.4 is 5.73 Å². The molecule has 0 spiro atoms. The Morgan fingerprint density at radius 2 is 1.89 bits per heavy atom. The van der Waals surface area contributed by atoms with E-state index in [2.05, 4.69) is 13.8 Å². The Hall–Kier alpha value is -1.19. The number of rotatable bonds is 3. The van der Waals surface area contributed by atoms with Crippen LogP contribution >= 0.6 is 11.3 Å². The highest BCUT2D eigenvalue weighted by atomic mass is 32.1. The minimum Gasteiger partial charge on any atom is -0.323 e. The maximum absolute atomic E-state index is 13.9. The molecule has 2 N–H and O–H groups in total. The van der Waals surface area contributed by atoms with E-state index in [-0.39, 0.29) is 11.9 Å². The molecule has 0 bridgehead atoms. The highest BCUT2D eigenvalue weighted by Gasteiger charge is 2.15. The van der Waals surface area contributed by atoms with Crippen LogP contribution in [0, 0.1) is 18.7 Å². The second-order valence-corrected chi connectivity index (χ2v) is 6.02. The van der Waals surface area contributed by atoms with Crippen molar-refractivity contribution in [3.63, 3.8) is 0 Å². The van der Waals surface area contributed by atoms with Gasteiger partial charge < -0.3 is 5.73 Å². The van der Waals surface area contributed by atoms with E-state index in [1.165, 1.54) is 6.07 Å². The van der Waals surface area contributed by atoms with Crippen molar-refractivity contribution in [3.8, 4) is 10.4 Å². The average Bonchev–Trinajstić information content (AvgIpc) is 2.77. The predicted octanol–water partition coefficient (Wildman–Crippen LogP) is 4.52. The maximum Gasteiger partial charge on any atom is 0.132 e. The van der Waals surface area contributed by atoms with Crippen LogP contribution in [0.2, 0.25) is 0 Å². The van der Waals surface area contributed by atoms with Crippen molar-refractivity contribution in [2.75, 3.05) is 0 Å². The fourth-order valence-corrected chi connectivity index (χ4v) is 3.23. The van der Waals surface area contributed by atoms with Crippen LogP contribution in [0.25, 0.3) is 10.4 Å². The number of nitrogens with two attached hydrogens (primary N) is 1. The zero-order valence-electron chi connectivity index (χ0n) is 10.9. The summed E-state index contributed by atoms with van der Waals surface area (Å²) in [5.41, 5.74) is 7.78. The first-order valence-corrected chi connectivity index (χ1v) is 6.93. The zero-order valence-corrected chi connectivity index (χ0v) is 11.7. The molecule has 2 aromatic rings. The lowest BCUT2D eigenvalue weighted by atomic mass is 10.0. The first-order valence-electron chi connectivity index (χ1n) is 6.11. The van der Waals surface area contributed by atoms with Crippen molar-refractivity contribution >= 4 is 11.3 Å². The molecular weight excluding hydrogens is 245 g/mol. The fraction of sp³-hybridized carbons (Fsp3) is 0.333. The van der Waals surface area contributed by atoms with E-state index in [9.17, 15) is 4.39 Å². The summed E-state index contributed by atoms with van der Waals surface area (Å²) in [7, 11) is 0. The highest BCUT2D eigenvalue weighted by molar-refractivity contribution is 7.15. The van der Waals surface area contributed by atoms with E-state index in [1.54, 1.807) is 17.4 Å². The lowest BCUT2D eigenvalue weighted by Gasteiger charge is -2.13. The summed E-state index contributed by atoms with van der Waals surface area (Å²) in [5, 5.41) is 0. The lowest BCUT2D eigenvalue weighted by Crippen LogP contribution is -2.14. The van der Waals surface area contributed by atoms with Gasteiger partial charge >= 0.3 is 0 Å². The molecule has 1 aromatic heterocycles. The highest BCUT2D eigenvalue weighted by Crippen LogP contribution is 2.35. The third-order valence-corrected chi connectivity index (χ3v) is 4.35. The SMILES string of the molecule is Cc1cccc(F)c1-c1ccc(C(N)C(C)C)s1. The van der Waals surface area contributed by atoms with E-state index < -0.39 is 0 Å². The Bertz CT molecular complexity index is 525. The standard InChI is InChI=1S/C15H18FNS/c1-9(2)15(17)13-8-7-12(18-13)14-10(3)5-4-6-11(14)16/h4-9,15H,17H2,1-3H3. The number of thiophene rings is 1. The first kappa shape index (κ1) is 13.2. The number of benzene rings is 1. The van der Waals surface area contributed by atoms with E-state index in [4.69, 9.17) is 5.73 Å². The molecule has 1 heterocycles. The third kappa shape index (κ3) is 2.47. The van der Waals surface area contributed by atoms with Gasteiger partial charge in [0, 0.05) is 21.4 Å². The van der Waals surface area contributed by atoms with Gasteiger partial charge in [0.1, 0.15) is 5.82 Å². The predicted molar refractivity (Wildman–Crippen MR) is 76.2 cm³/mol. The van der Waals surface area contributed by atoms with Crippen molar-refractivity contribution in [1.82, 2.24) is 0 Å². The molecule has 1 unspecified atom stereocenters. The van der Waals surface area contributed by atoms with E-state index in [0.29, 0.717) is 11.5 Å². The van der Waals surface area contributed by atoms with Crippen LogP contribution in [0.4, 0.5) is 4.39 Å². The minimum atomic E-state index is -0.165. The summed E-state index contributed by atoms with van der Waals surface area (Å²) in [6.45, 7) is 6.12. The summed E-state index contributed by atoms with van der Waals surface area (Å²) in [6.07, 6.45) is 0. The summed E-state index contributed by atoms with van der Waals surface area (Å²) < 4.78 is 13.9. The fourth-order valence-electron chi connectivity index (χ4n) is 1.94. The lowest BCUT2D eigenvalue weighted by molar-refractivity contribution is 0.521. The normalized spacial score (nSPS) is 13.0. The monoisotopic (exact) mass is 263 g/mol. The molecule has 0 fully saturated rings. The van der Waals surface area contributed by atoms with Gasteiger partial charge in [-0.15, -0.1) is 11.3 Å². The van der Waals surface area contributed by atoms with Gasteiger partial charge in [-0.3, -0.25) is 0 Å². The van der Waals surface area contributed by atoms with Crippen LogP contribution in [0.5, 0.6) is 0 Å². The van der Waals surface area contributed by atoms with E-state index in [0.717, 1.165) is 15.3 Å². The molecule has 96 valence electrons. The van der Waals surface area contributed by atoms with Crippen molar-refractivity contribution in [1.29, 1.82) is 0 Å². The molecule has 2 rings (SSSR count). The second kappa shape index (κ2) is 5.21. The van der Waals surface area contributed by atoms with Gasteiger partial charge in [-0.2, -0.15) is 0 Å². The van der Waals surface area contributed by atoms with Crippen molar-refractivity contribution in [3.05, 3.63) is 46.6 Å². The topological polar surface area (TPSA) is 26.0 Å². The van der Waals surface area contributed by atoms with Gasteiger partial charge in [0.25, 0.3) is 0 Å². The molecule has 0 saturated heterocycles. The second-order valence-electron chi connectivity index (χ2n) is 4.90. The van der Waals surface area contributed by atoms with Crippen molar-refractivity contribution < 1.29 is 4.39 Å². The molecule has 18 heavy (non-hydrogen) atoms. The van der Waals surface area contributed by atoms with Crippen LogP contribution in [-0.2, 0) is 0 Å². The molecule has 1 atom stereocenters. The molecule has 0 aliphatic carbocycles. The van der Waals surface area contributed by atoms with Crippen LogP contribution in [-0.4, -0.2) is 0 Å². The molecule has 1 nitrogen and oxygen atoms in total. The van der Waals surface area contributed by atoms with Crippen LogP contribution in [0.3, 0.4) is 0 Å². The molecule has 1 aromatic carbocycles. The summed E-state index contributed by atoms with van der Waals surface area (Å²) in [6, 6.07) is 9.17. The Morgan fingerprint density at radius 3 is 2.50 bits per heavy atom. The van der Waals surface area contributed by atoms with Crippen molar-refractivity contribution in [2.24, 2.45) is 11.7 Å². The van der Waals surface area contributed by atoms with Gasteiger partial charge in [-0.1, -0.05) is 26.0 Å². The molecule has 0 amide bonds. The smallest absolute Gasteiger partial charge is 0.132 e. The van der Waals surface area contributed by atoms with E-state index >= 15 is 0 Å². The zero-order chi connectivity index (χ0) is 13.3. The van der Waals surface area contributed by atoms with Gasteiger partial charge in [-0.05, 0) is 36.6 Å². The first-order chi connectivity index (χ1) is 8.50. The Morgan fingerprint density at radius 1 is 1.17 bits per heavy atom. The summed E-state index contributed by atoms with van der Waals surface area (Å²) in [4.78, 5) is 2.07. The molecule has 0 aliphatic rings. The van der Waals surface area contributed by atoms with E-state index in [1.807, 2.05) is 25.1 Å². The number of halogens is 1. The molecule has 0 aliphatic heterocycles. The van der Waals surface area contributed by atoms with Crippen molar-refractivity contribution in [2.45, 2.75) is 26.8 Å². The average molecular weight is 263 g/mol. The van der Waals surface area contributed by atoms with Gasteiger partial charge in [0.2, 0.25) is 0 Å². The van der Waals surface area contributed by atoms with Crippen LogP contribution in [0.15, 0.2) is 30.3 Å².